The van der Waals surface area contributed by atoms with Gasteiger partial charge in [0.1, 0.15) is 0 Å². The molecule has 0 saturated carbocycles. The van der Waals surface area contributed by atoms with Crippen LogP contribution in [0.15, 0.2) is 42.5 Å². The monoisotopic (exact) mass is 313 g/mol. The Kier molecular flexibility index (Phi) is 5.12. The fourth-order valence-corrected chi connectivity index (χ4v) is 2.70. The number of likely N-dealkylation sites (N-methyl/N-ethyl adjacent to an activating group) is 1. The number of hydrogen-bond acceptors (Lipinski definition) is 1. The van der Waals surface area contributed by atoms with Crippen molar-refractivity contribution in [3.63, 3.8) is 0 Å². The molecular formula is C15H14Cl3N. The molecule has 0 aromatic heterocycles. The Labute approximate surface area is 128 Å². The van der Waals surface area contributed by atoms with Crippen LogP contribution in [0.3, 0.4) is 0 Å². The van der Waals surface area contributed by atoms with Gasteiger partial charge in [-0.3, -0.25) is 0 Å². The lowest BCUT2D eigenvalue weighted by Crippen LogP contribution is -2.19. The Morgan fingerprint density at radius 3 is 2.42 bits per heavy atom. The summed E-state index contributed by atoms with van der Waals surface area (Å²) < 4.78 is 0. The van der Waals surface area contributed by atoms with Crippen LogP contribution in [0.1, 0.15) is 17.2 Å². The van der Waals surface area contributed by atoms with E-state index in [1.807, 2.05) is 43.4 Å². The summed E-state index contributed by atoms with van der Waals surface area (Å²) in [6.45, 7) is 0. The molecule has 1 N–H and O–H groups in total. The van der Waals surface area contributed by atoms with Crippen LogP contribution >= 0.6 is 34.8 Å². The van der Waals surface area contributed by atoms with Gasteiger partial charge in [-0.15, -0.1) is 0 Å². The zero-order chi connectivity index (χ0) is 13.8. The highest BCUT2D eigenvalue weighted by Gasteiger charge is 2.15. The third-order valence-electron chi connectivity index (χ3n) is 3.06. The van der Waals surface area contributed by atoms with Gasteiger partial charge in [-0.05, 0) is 48.9 Å². The van der Waals surface area contributed by atoms with Crippen LogP contribution < -0.4 is 5.32 Å². The first kappa shape index (κ1) is 14.7. The van der Waals surface area contributed by atoms with Gasteiger partial charge in [0.05, 0.1) is 0 Å². The van der Waals surface area contributed by atoms with E-state index in [-0.39, 0.29) is 6.04 Å². The third-order valence-corrected chi connectivity index (χ3v) is 4.01. The second kappa shape index (κ2) is 6.62. The van der Waals surface area contributed by atoms with Crippen molar-refractivity contribution in [3.8, 4) is 0 Å². The first-order valence-corrected chi connectivity index (χ1v) is 7.11. The molecule has 2 rings (SSSR count). The molecule has 0 amide bonds. The lowest BCUT2D eigenvalue weighted by molar-refractivity contribution is 0.592. The van der Waals surface area contributed by atoms with E-state index in [1.165, 1.54) is 0 Å². The average Bonchev–Trinajstić information content (AvgIpc) is 2.41. The molecule has 2 aromatic rings. The van der Waals surface area contributed by atoms with E-state index in [4.69, 9.17) is 34.8 Å². The van der Waals surface area contributed by atoms with Crippen molar-refractivity contribution in [1.29, 1.82) is 0 Å². The largest absolute Gasteiger partial charge is 0.313 e. The number of halogens is 3. The van der Waals surface area contributed by atoms with Crippen LogP contribution in [-0.2, 0) is 6.42 Å². The highest BCUT2D eigenvalue weighted by atomic mass is 35.5. The molecular weight excluding hydrogens is 301 g/mol. The minimum atomic E-state index is 0.102. The maximum atomic E-state index is 6.24. The Morgan fingerprint density at radius 2 is 1.74 bits per heavy atom. The SMILES string of the molecule is CNC(Cc1cc(Cl)ccc1Cl)c1ccccc1Cl. The molecule has 0 aliphatic rings. The quantitative estimate of drug-likeness (QED) is 0.823. The first-order valence-electron chi connectivity index (χ1n) is 5.97. The molecule has 1 nitrogen and oxygen atoms in total. The molecule has 4 heteroatoms. The molecule has 0 saturated heterocycles. The zero-order valence-electron chi connectivity index (χ0n) is 10.5. The van der Waals surface area contributed by atoms with Gasteiger partial charge in [-0.2, -0.15) is 0 Å². The second-order valence-electron chi connectivity index (χ2n) is 4.30. The van der Waals surface area contributed by atoms with Gasteiger partial charge in [-0.1, -0.05) is 53.0 Å². The van der Waals surface area contributed by atoms with Crippen LogP contribution in [0.5, 0.6) is 0 Å². The molecule has 0 fully saturated rings. The predicted molar refractivity (Wildman–Crippen MR) is 83.4 cm³/mol. The highest BCUT2D eigenvalue weighted by molar-refractivity contribution is 6.33. The molecule has 100 valence electrons. The fourth-order valence-electron chi connectivity index (χ4n) is 2.04. The van der Waals surface area contributed by atoms with Crippen molar-refractivity contribution >= 4 is 34.8 Å². The lowest BCUT2D eigenvalue weighted by Gasteiger charge is -2.19. The summed E-state index contributed by atoms with van der Waals surface area (Å²) in [6, 6.07) is 13.4. The molecule has 1 unspecified atom stereocenters. The molecule has 0 bridgehead atoms. The van der Waals surface area contributed by atoms with Gasteiger partial charge in [0.25, 0.3) is 0 Å². The molecule has 0 aliphatic heterocycles. The standard InChI is InChI=1S/C15H14Cl3N/c1-19-15(12-4-2-3-5-14(12)18)9-10-8-11(16)6-7-13(10)17/h2-8,15,19H,9H2,1H3. The number of benzene rings is 2. The summed E-state index contributed by atoms with van der Waals surface area (Å²) >= 11 is 18.5. The normalized spacial score (nSPS) is 12.4. The van der Waals surface area contributed by atoms with Crippen LogP contribution in [0.25, 0.3) is 0 Å². The topological polar surface area (TPSA) is 12.0 Å². The van der Waals surface area contributed by atoms with Crippen LogP contribution in [0, 0.1) is 0 Å². The molecule has 0 aliphatic carbocycles. The second-order valence-corrected chi connectivity index (χ2v) is 5.55. The number of nitrogens with one attached hydrogen (secondary N) is 1. The van der Waals surface area contributed by atoms with E-state index in [0.29, 0.717) is 5.02 Å². The fraction of sp³-hybridized carbons (Fsp3) is 0.200. The molecule has 2 aromatic carbocycles. The Bertz CT molecular complexity index is 569. The van der Waals surface area contributed by atoms with Gasteiger partial charge in [-0.25, -0.2) is 0 Å². The van der Waals surface area contributed by atoms with Gasteiger partial charge >= 0.3 is 0 Å². The van der Waals surface area contributed by atoms with Gasteiger partial charge in [0.2, 0.25) is 0 Å². The van der Waals surface area contributed by atoms with E-state index in [0.717, 1.165) is 27.6 Å². The van der Waals surface area contributed by atoms with Crippen LogP contribution in [-0.4, -0.2) is 7.05 Å². The molecule has 0 heterocycles. The Hall–Kier alpha value is -0.730. The summed E-state index contributed by atoms with van der Waals surface area (Å²) in [7, 11) is 1.91. The van der Waals surface area contributed by atoms with Crippen molar-refractivity contribution < 1.29 is 0 Å². The Balaban J connectivity index is 2.29. The van der Waals surface area contributed by atoms with E-state index >= 15 is 0 Å². The average molecular weight is 315 g/mol. The summed E-state index contributed by atoms with van der Waals surface area (Å²) in [4.78, 5) is 0. The summed E-state index contributed by atoms with van der Waals surface area (Å²) in [5.41, 5.74) is 2.07. The number of rotatable bonds is 4. The molecule has 0 radical (unpaired) electrons. The molecule has 1 atom stereocenters. The summed E-state index contributed by atoms with van der Waals surface area (Å²) in [5, 5.41) is 5.43. The Morgan fingerprint density at radius 1 is 1.00 bits per heavy atom. The lowest BCUT2D eigenvalue weighted by atomic mass is 9.99. The first-order chi connectivity index (χ1) is 9.11. The van der Waals surface area contributed by atoms with Gasteiger partial charge in [0, 0.05) is 21.1 Å². The van der Waals surface area contributed by atoms with Crippen molar-refractivity contribution in [2.24, 2.45) is 0 Å². The minimum absolute atomic E-state index is 0.102. The third kappa shape index (κ3) is 3.64. The molecule has 0 spiro atoms. The smallest absolute Gasteiger partial charge is 0.0453 e. The van der Waals surface area contributed by atoms with Gasteiger partial charge < -0.3 is 5.32 Å². The van der Waals surface area contributed by atoms with Gasteiger partial charge in [0.15, 0.2) is 0 Å². The van der Waals surface area contributed by atoms with E-state index in [9.17, 15) is 0 Å². The van der Waals surface area contributed by atoms with Crippen molar-refractivity contribution in [2.75, 3.05) is 7.05 Å². The van der Waals surface area contributed by atoms with E-state index < -0.39 is 0 Å². The van der Waals surface area contributed by atoms with E-state index in [1.54, 1.807) is 6.07 Å². The van der Waals surface area contributed by atoms with Crippen LogP contribution in [0.4, 0.5) is 0 Å². The predicted octanol–water partition coefficient (Wildman–Crippen LogP) is 5.15. The summed E-state index contributed by atoms with van der Waals surface area (Å²) in [5.74, 6) is 0. The van der Waals surface area contributed by atoms with E-state index in [2.05, 4.69) is 5.32 Å². The maximum Gasteiger partial charge on any atom is 0.0453 e. The van der Waals surface area contributed by atoms with Crippen molar-refractivity contribution in [1.82, 2.24) is 5.32 Å². The maximum absolute atomic E-state index is 6.24. The van der Waals surface area contributed by atoms with Crippen molar-refractivity contribution in [2.45, 2.75) is 12.5 Å². The number of hydrogen-bond donors (Lipinski definition) is 1. The van der Waals surface area contributed by atoms with Crippen molar-refractivity contribution in [3.05, 3.63) is 68.7 Å². The minimum Gasteiger partial charge on any atom is -0.313 e. The van der Waals surface area contributed by atoms with Crippen LogP contribution in [0.2, 0.25) is 15.1 Å². The highest BCUT2D eigenvalue weighted by Crippen LogP contribution is 2.29. The summed E-state index contributed by atoms with van der Waals surface area (Å²) in [6.07, 6.45) is 0.736. The molecule has 19 heavy (non-hydrogen) atoms. The zero-order valence-corrected chi connectivity index (χ0v) is 12.7.